The van der Waals surface area contributed by atoms with Crippen LogP contribution < -0.4 is 0 Å². The number of rotatable bonds is 5. The number of non-ortho nitro benzene ring substituents is 1. The summed E-state index contributed by atoms with van der Waals surface area (Å²) >= 11 is 1.09. The van der Waals surface area contributed by atoms with E-state index in [1.807, 2.05) is 13.8 Å². The summed E-state index contributed by atoms with van der Waals surface area (Å²) in [6.07, 6.45) is 3.35. The topological polar surface area (TPSA) is 93.3 Å². The first-order valence-corrected chi connectivity index (χ1v) is 7.36. The predicted octanol–water partition coefficient (Wildman–Crippen LogP) is 4.04. The maximum Gasteiger partial charge on any atom is 0.347 e. The van der Waals surface area contributed by atoms with Gasteiger partial charge in [-0.15, -0.1) is 11.3 Å². The van der Waals surface area contributed by atoms with Crippen molar-refractivity contribution in [1.82, 2.24) is 4.98 Å². The van der Waals surface area contributed by atoms with Crippen LogP contribution in [0, 0.1) is 10.1 Å². The minimum Gasteiger partial charge on any atom is -0.477 e. The van der Waals surface area contributed by atoms with E-state index in [-0.39, 0.29) is 16.5 Å². The van der Waals surface area contributed by atoms with Crippen LogP contribution in [0.4, 0.5) is 5.69 Å². The Balaban J connectivity index is 2.30. The molecule has 0 saturated carbocycles. The summed E-state index contributed by atoms with van der Waals surface area (Å²) in [5.41, 5.74) is 1.22. The fourth-order valence-corrected chi connectivity index (χ4v) is 2.84. The van der Waals surface area contributed by atoms with E-state index >= 15 is 0 Å². The second kappa shape index (κ2) is 6.48. The highest BCUT2D eigenvalue weighted by molar-refractivity contribution is 7.14. The molecule has 1 aromatic heterocycles. The number of nitrogens with zero attached hydrogens (tertiary/aromatic N) is 2. The molecular weight excluding hydrogens is 304 g/mol. The van der Waals surface area contributed by atoms with Gasteiger partial charge in [0, 0.05) is 12.1 Å². The maximum absolute atomic E-state index is 11.2. The summed E-state index contributed by atoms with van der Waals surface area (Å²) in [5.74, 6) is -0.974. The number of nitro benzene ring substituents is 1. The molecule has 114 valence electrons. The number of hydrogen-bond acceptors (Lipinski definition) is 5. The van der Waals surface area contributed by atoms with Crippen LogP contribution >= 0.6 is 11.3 Å². The zero-order valence-corrected chi connectivity index (χ0v) is 12.8. The fraction of sp³-hybridized carbons (Fsp3) is 0.200. The molecule has 7 heteroatoms. The van der Waals surface area contributed by atoms with E-state index in [4.69, 9.17) is 0 Å². The van der Waals surface area contributed by atoms with Crippen molar-refractivity contribution in [2.75, 3.05) is 0 Å². The number of carboxylic acids is 1. The molecule has 6 nitrogen and oxygen atoms in total. The minimum atomic E-state index is -0.990. The summed E-state index contributed by atoms with van der Waals surface area (Å²) in [4.78, 5) is 26.0. The van der Waals surface area contributed by atoms with Crippen molar-refractivity contribution in [2.24, 2.45) is 0 Å². The van der Waals surface area contributed by atoms with Crippen LogP contribution in [-0.4, -0.2) is 21.0 Å². The lowest BCUT2D eigenvalue weighted by Gasteiger charge is -2.00. The quantitative estimate of drug-likeness (QED) is 0.663. The van der Waals surface area contributed by atoms with E-state index in [1.165, 1.54) is 12.1 Å². The van der Waals surface area contributed by atoms with Crippen molar-refractivity contribution in [1.29, 1.82) is 0 Å². The highest BCUT2D eigenvalue weighted by atomic mass is 32.1. The predicted molar refractivity (Wildman–Crippen MR) is 85.2 cm³/mol. The highest BCUT2D eigenvalue weighted by Gasteiger charge is 2.18. The molecule has 22 heavy (non-hydrogen) atoms. The third-order valence-electron chi connectivity index (χ3n) is 2.91. The lowest BCUT2D eigenvalue weighted by Crippen LogP contribution is -2.00. The molecule has 2 aromatic rings. The minimum absolute atomic E-state index is 0.00961. The van der Waals surface area contributed by atoms with E-state index in [0.29, 0.717) is 16.3 Å². The van der Waals surface area contributed by atoms with Crippen LogP contribution in [-0.2, 0) is 0 Å². The zero-order chi connectivity index (χ0) is 16.3. The van der Waals surface area contributed by atoms with E-state index in [2.05, 4.69) is 4.98 Å². The molecule has 0 aliphatic rings. The van der Waals surface area contributed by atoms with Crippen LogP contribution in [0.25, 0.3) is 12.2 Å². The van der Waals surface area contributed by atoms with Gasteiger partial charge in [0.1, 0.15) is 9.88 Å². The van der Waals surface area contributed by atoms with E-state index < -0.39 is 10.9 Å². The number of carboxylic acid groups (broad SMARTS) is 1. The molecule has 1 aromatic carbocycles. The molecule has 0 spiro atoms. The maximum atomic E-state index is 11.2. The molecule has 0 aliphatic heterocycles. The summed E-state index contributed by atoms with van der Waals surface area (Å²) < 4.78 is 0. The fourth-order valence-electron chi connectivity index (χ4n) is 1.87. The molecule has 0 saturated heterocycles. The number of thiazole rings is 1. The Kier molecular flexibility index (Phi) is 4.67. The van der Waals surface area contributed by atoms with Crippen LogP contribution in [0.5, 0.6) is 0 Å². The van der Waals surface area contributed by atoms with Crippen LogP contribution in [0.2, 0.25) is 0 Å². The number of carbonyl (C=O) groups is 1. The lowest BCUT2D eigenvalue weighted by atomic mass is 10.1. The van der Waals surface area contributed by atoms with Gasteiger partial charge in [0.25, 0.3) is 5.69 Å². The Morgan fingerprint density at radius 1 is 1.41 bits per heavy atom. The Morgan fingerprint density at radius 3 is 2.68 bits per heavy atom. The van der Waals surface area contributed by atoms with Gasteiger partial charge in [-0.05, 0) is 17.6 Å². The largest absolute Gasteiger partial charge is 0.477 e. The van der Waals surface area contributed by atoms with Gasteiger partial charge in [0.05, 0.1) is 10.6 Å². The molecule has 0 aliphatic carbocycles. The van der Waals surface area contributed by atoms with Crippen molar-refractivity contribution in [3.8, 4) is 0 Å². The Bertz CT molecular complexity index is 750. The van der Waals surface area contributed by atoms with Crippen molar-refractivity contribution < 1.29 is 14.8 Å². The number of hydrogen-bond donors (Lipinski definition) is 1. The average Bonchev–Trinajstić information content (AvgIpc) is 2.90. The van der Waals surface area contributed by atoms with E-state index in [1.54, 1.807) is 24.3 Å². The second-order valence-corrected chi connectivity index (χ2v) is 5.94. The number of aromatic nitrogens is 1. The second-order valence-electron chi connectivity index (χ2n) is 4.91. The van der Waals surface area contributed by atoms with Gasteiger partial charge in [0.2, 0.25) is 0 Å². The SMILES string of the molecule is CC(C)c1nc(C=Cc2cccc([N+](=O)[O-])c2)sc1C(=O)O. The van der Waals surface area contributed by atoms with Crippen LogP contribution in [0.3, 0.4) is 0 Å². The standard InChI is InChI=1S/C15H14N2O4S/c1-9(2)13-14(15(18)19)22-12(16-13)7-6-10-4-3-5-11(8-10)17(20)21/h3-9H,1-2H3,(H,18,19). The molecule has 0 radical (unpaired) electrons. The first-order valence-electron chi connectivity index (χ1n) is 6.55. The monoisotopic (exact) mass is 318 g/mol. The van der Waals surface area contributed by atoms with Gasteiger partial charge < -0.3 is 5.11 Å². The van der Waals surface area contributed by atoms with Gasteiger partial charge in [0.15, 0.2) is 0 Å². The van der Waals surface area contributed by atoms with Gasteiger partial charge in [-0.2, -0.15) is 0 Å². The molecule has 0 amide bonds. The number of nitro groups is 1. The van der Waals surface area contributed by atoms with E-state index in [9.17, 15) is 20.0 Å². The number of benzene rings is 1. The summed E-state index contributed by atoms with van der Waals surface area (Å²) in [6.45, 7) is 3.77. The Hall–Kier alpha value is -2.54. The van der Waals surface area contributed by atoms with Crippen molar-refractivity contribution in [2.45, 2.75) is 19.8 Å². The van der Waals surface area contributed by atoms with Gasteiger partial charge in [-0.25, -0.2) is 9.78 Å². The average molecular weight is 318 g/mol. The van der Waals surface area contributed by atoms with Crippen molar-refractivity contribution in [3.05, 3.63) is 55.5 Å². The molecule has 0 unspecified atom stereocenters. The molecule has 0 atom stereocenters. The van der Waals surface area contributed by atoms with Crippen LogP contribution in [0.15, 0.2) is 24.3 Å². The number of aromatic carboxylic acids is 1. The Labute approximate surface area is 130 Å². The smallest absolute Gasteiger partial charge is 0.347 e. The molecule has 0 bridgehead atoms. The molecule has 1 heterocycles. The highest BCUT2D eigenvalue weighted by Crippen LogP contribution is 2.26. The summed E-state index contributed by atoms with van der Waals surface area (Å²) in [6, 6.07) is 6.20. The third-order valence-corrected chi connectivity index (χ3v) is 3.93. The van der Waals surface area contributed by atoms with E-state index in [0.717, 1.165) is 11.3 Å². The molecule has 2 rings (SSSR count). The third kappa shape index (κ3) is 3.56. The van der Waals surface area contributed by atoms with Gasteiger partial charge in [-0.1, -0.05) is 32.1 Å². The first-order chi connectivity index (χ1) is 10.4. The lowest BCUT2D eigenvalue weighted by molar-refractivity contribution is -0.384. The summed E-state index contributed by atoms with van der Waals surface area (Å²) in [7, 11) is 0. The van der Waals surface area contributed by atoms with Gasteiger partial charge >= 0.3 is 5.97 Å². The first kappa shape index (κ1) is 15.8. The summed E-state index contributed by atoms with van der Waals surface area (Å²) in [5, 5.41) is 20.5. The molecule has 0 fully saturated rings. The molecular formula is C15H14N2O4S. The van der Waals surface area contributed by atoms with Crippen molar-refractivity contribution in [3.63, 3.8) is 0 Å². The zero-order valence-electron chi connectivity index (χ0n) is 12.0. The van der Waals surface area contributed by atoms with Crippen molar-refractivity contribution >= 4 is 35.1 Å². The van der Waals surface area contributed by atoms with Crippen LogP contribution in [0.1, 0.15) is 45.7 Å². The normalized spacial score (nSPS) is 11.2. The van der Waals surface area contributed by atoms with Gasteiger partial charge in [-0.3, -0.25) is 10.1 Å². The molecule has 1 N–H and O–H groups in total. The Morgan fingerprint density at radius 2 is 2.14 bits per heavy atom.